The van der Waals surface area contributed by atoms with Crippen molar-refractivity contribution in [3.05, 3.63) is 0 Å². The van der Waals surface area contributed by atoms with Gasteiger partial charge in [0.05, 0.1) is 19.8 Å². The molecule has 0 bridgehead atoms. The highest BCUT2D eigenvalue weighted by Crippen LogP contribution is 2.30. The number of hydrogen-bond acceptors (Lipinski definition) is 4. The third kappa shape index (κ3) is 4.43. The molecule has 1 amide bonds. The molecule has 2 aliphatic heterocycles. The Bertz CT molecular complexity index is 363. The summed E-state index contributed by atoms with van der Waals surface area (Å²) in [4.78, 5) is 19.2. The van der Waals surface area contributed by atoms with Gasteiger partial charge < -0.3 is 14.5 Å². The lowest BCUT2D eigenvalue weighted by Gasteiger charge is -2.37. The third-order valence-corrected chi connectivity index (χ3v) is 5.51. The molecule has 5 nitrogen and oxygen atoms in total. The zero-order chi connectivity index (χ0) is 15.4. The van der Waals surface area contributed by atoms with Gasteiger partial charge in [0.2, 0.25) is 5.91 Å². The van der Waals surface area contributed by atoms with E-state index in [-0.39, 0.29) is 5.91 Å². The molecule has 0 spiro atoms. The summed E-state index contributed by atoms with van der Waals surface area (Å²) in [5, 5.41) is 0. The Morgan fingerprint density at radius 1 is 1.00 bits per heavy atom. The molecule has 0 unspecified atom stereocenters. The first-order chi connectivity index (χ1) is 10.7. The number of rotatable bonds is 4. The first kappa shape index (κ1) is 16.2. The van der Waals surface area contributed by atoms with Crippen molar-refractivity contribution < 1.29 is 9.53 Å². The van der Waals surface area contributed by atoms with Crippen LogP contribution in [0.4, 0.5) is 0 Å². The number of ether oxygens (including phenoxy) is 1. The zero-order valence-electron chi connectivity index (χ0n) is 14.0. The van der Waals surface area contributed by atoms with Crippen molar-refractivity contribution in [2.75, 3.05) is 65.6 Å². The van der Waals surface area contributed by atoms with E-state index in [1.807, 2.05) is 4.90 Å². The van der Waals surface area contributed by atoms with E-state index in [1.54, 1.807) is 0 Å². The molecule has 1 aliphatic carbocycles. The van der Waals surface area contributed by atoms with E-state index in [1.165, 1.54) is 25.8 Å². The van der Waals surface area contributed by atoms with E-state index in [0.717, 1.165) is 51.1 Å². The molecule has 2 heterocycles. The van der Waals surface area contributed by atoms with Crippen LogP contribution in [0.1, 0.15) is 26.2 Å². The predicted molar refractivity (Wildman–Crippen MR) is 86.8 cm³/mol. The smallest absolute Gasteiger partial charge is 0.236 e. The van der Waals surface area contributed by atoms with E-state index < -0.39 is 0 Å². The first-order valence-corrected chi connectivity index (χ1v) is 9.01. The van der Waals surface area contributed by atoms with Gasteiger partial charge in [0.15, 0.2) is 0 Å². The van der Waals surface area contributed by atoms with Gasteiger partial charge in [-0.15, -0.1) is 0 Å². The second-order valence-corrected chi connectivity index (χ2v) is 7.35. The van der Waals surface area contributed by atoms with Crippen LogP contribution in [0.2, 0.25) is 0 Å². The Morgan fingerprint density at radius 3 is 2.32 bits per heavy atom. The quantitative estimate of drug-likeness (QED) is 0.773. The Hall–Kier alpha value is -0.650. The van der Waals surface area contributed by atoms with Gasteiger partial charge in [-0.3, -0.25) is 9.69 Å². The molecule has 0 aromatic heterocycles. The summed E-state index contributed by atoms with van der Waals surface area (Å²) in [6.45, 7) is 11.5. The van der Waals surface area contributed by atoms with E-state index in [0.29, 0.717) is 19.8 Å². The van der Waals surface area contributed by atoms with Crippen molar-refractivity contribution in [2.45, 2.75) is 26.2 Å². The molecule has 2 atom stereocenters. The first-order valence-electron chi connectivity index (χ1n) is 9.01. The average Bonchev–Trinajstić information content (AvgIpc) is 2.95. The Morgan fingerprint density at radius 2 is 1.68 bits per heavy atom. The normalized spacial score (nSPS) is 31.6. The van der Waals surface area contributed by atoms with Gasteiger partial charge >= 0.3 is 0 Å². The van der Waals surface area contributed by atoms with Crippen molar-refractivity contribution in [1.29, 1.82) is 0 Å². The third-order valence-electron chi connectivity index (χ3n) is 5.51. The summed E-state index contributed by atoms with van der Waals surface area (Å²) in [5.74, 6) is 2.12. The molecular weight excluding hydrogens is 278 g/mol. The molecular formula is C17H31N3O2. The lowest BCUT2D eigenvalue weighted by atomic mass is 10.1. The number of carbonyl (C=O) groups excluding carboxylic acids is 1. The molecule has 3 aliphatic rings. The Labute approximate surface area is 134 Å². The van der Waals surface area contributed by atoms with E-state index >= 15 is 0 Å². The minimum atomic E-state index is 0.279. The highest BCUT2D eigenvalue weighted by atomic mass is 16.5. The molecule has 126 valence electrons. The number of nitrogens with zero attached hydrogens (tertiary/aromatic N) is 3. The van der Waals surface area contributed by atoms with Gasteiger partial charge in [-0.05, 0) is 24.7 Å². The Kier molecular flexibility index (Phi) is 5.71. The fourth-order valence-electron chi connectivity index (χ4n) is 4.09. The van der Waals surface area contributed by atoms with Crippen molar-refractivity contribution in [1.82, 2.24) is 14.7 Å². The summed E-state index contributed by atoms with van der Waals surface area (Å²) in [6.07, 6.45) is 4.24. The van der Waals surface area contributed by atoms with Crippen LogP contribution in [0, 0.1) is 11.8 Å². The predicted octanol–water partition coefficient (Wildman–Crippen LogP) is 0.899. The molecule has 0 aromatic carbocycles. The van der Waals surface area contributed by atoms with Crippen LogP contribution in [0.15, 0.2) is 0 Å². The van der Waals surface area contributed by atoms with Gasteiger partial charge in [-0.2, -0.15) is 0 Å². The molecule has 1 saturated carbocycles. The molecule has 5 heteroatoms. The van der Waals surface area contributed by atoms with Gasteiger partial charge in [0.25, 0.3) is 0 Å². The van der Waals surface area contributed by atoms with Crippen molar-refractivity contribution in [2.24, 2.45) is 11.8 Å². The molecule has 0 N–H and O–H groups in total. The molecule has 0 aromatic rings. The van der Waals surface area contributed by atoms with Crippen molar-refractivity contribution >= 4 is 5.91 Å². The summed E-state index contributed by atoms with van der Waals surface area (Å²) >= 11 is 0. The SMILES string of the molecule is C[C@H]1CC[C@@H](CN2CCN(CC(=O)N3CCOCC3)CC2)C1. The maximum absolute atomic E-state index is 12.3. The summed E-state index contributed by atoms with van der Waals surface area (Å²) in [6, 6.07) is 0. The minimum Gasteiger partial charge on any atom is -0.378 e. The molecule has 0 radical (unpaired) electrons. The fourth-order valence-corrected chi connectivity index (χ4v) is 4.09. The van der Waals surface area contributed by atoms with Crippen molar-refractivity contribution in [3.8, 4) is 0 Å². The van der Waals surface area contributed by atoms with Gasteiger partial charge in [0, 0.05) is 45.8 Å². The van der Waals surface area contributed by atoms with Gasteiger partial charge in [-0.25, -0.2) is 0 Å². The molecule has 3 fully saturated rings. The summed E-state index contributed by atoms with van der Waals surface area (Å²) in [5.41, 5.74) is 0. The monoisotopic (exact) mass is 309 g/mol. The summed E-state index contributed by atoms with van der Waals surface area (Å²) in [7, 11) is 0. The van der Waals surface area contributed by atoms with Crippen molar-refractivity contribution in [3.63, 3.8) is 0 Å². The molecule has 22 heavy (non-hydrogen) atoms. The number of hydrogen-bond donors (Lipinski definition) is 0. The molecule has 3 rings (SSSR count). The highest BCUT2D eigenvalue weighted by Gasteiger charge is 2.26. The van der Waals surface area contributed by atoms with Crippen LogP contribution in [0.3, 0.4) is 0 Å². The topological polar surface area (TPSA) is 36.0 Å². The fraction of sp³-hybridized carbons (Fsp3) is 0.941. The molecule has 2 saturated heterocycles. The zero-order valence-corrected chi connectivity index (χ0v) is 14.0. The van der Waals surface area contributed by atoms with Gasteiger partial charge in [-0.1, -0.05) is 13.3 Å². The highest BCUT2D eigenvalue weighted by molar-refractivity contribution is 5.78. The average molecular weight is 309 g/mol. The number of amides is 1. The van der Waals surface area contributed by atoms with Crippen LogP contribution in [-0.2, 0) is 9.53 Å². The van der Waals surface area contributed by atoms with E-state index in [9.17, 15) is 4.79 Å². The lowest BCUT2D eigenvalue weighted by Crippen LogP contribution is -2.52. The Balaban J connectivity index is 1.35. The lowest BCUT2D eigenvalue weighted by molar-refractivity contribution is -0.136. The maximum Gasteiger partial charge on any atom is 0.236 e. The summed E-state index contributed by atoms with van der Waals surface area (Å²) < 4.78 is 5.31. The number of morpholine rings is 1. The second kappa shape index (κ2) is 7.75. The minimum absolute atomic E-state index is 0.279. The van der Waals surface area contributed by atoms with Crippen LogP contribution in [0.5, 0.6) is 0 Å². The van der Waals surface area contributed by atoms with Crippen LogP contribution < -0.4 is 0 Å². The van der Waals surface area contributed by atoms with Crippen LogP contribution in [-0.4, -0.2) is 86.2 Å². The van der Waals surface area contributed by atoms with E-state index in [4.69, 9.17) is 4.74 Å². The van der Waals surface area contributed by atoms with Crippen LogP contribution >= 0.6 is 0 Å². The number of carbonyl (C=O) groups is 1. The van der Waals surface area contributed by atoms with E-state index in [2.05, 4.69) is 16.7 Å². The second-order valence-electron chi connectivity index (χ2n) is 7.35. The van der Waals surface area contributed by atoms with Gasteiger partial charge in [0.1, 0.15) is 0 Å². The van der Waals surface area contributed by atoms with Crippen LogP contribution in [0.25, 0.3) is 0 Å². The number of piperazine rings is 1. The maximum atomic E-state index is 12.3. The standard InChI is InChI=1S/C17H31N3O2/c1-15-2-3-16(12-15)13-18-4-6-19(7-5-18)14-17(21)20-8-10-22-11-9-20/h15-16H,2-14H2,1H3/t15-,16+/m0/s1. The largest absolute Gasteiger partial charge is 0.378 e.